The van der Waals surface area contributed by atoms with Crippen LogP contribution in [-0.2, 0) is 20.7 Å². The highest BCUT2D eigenvalue weighted by Crippen LogP contribution is 2.18. The van der Waals surface area contributed by atoms with Crippen molar-refractivity contribution in [1.29, 1.82) is 0 Å². The van der Waals surface area contributed by atoms with Crippen LogP contribution in [0.2, 0.25) is 0 Å². The number of carboxylic acids is 1. The number of carbonyl (C=O) groups excluding carboxylic acids is 1. The molecule has 0 bridgehead atoms. The molecule has 5 nitrogen and oxygen atoms in total. The number of nitrogens with one attached hydrogen (secondary N) is 1. The molecule has 0 fully saturated rings. The zero-order chi connectivity index (χ0) is 15.3. The molecule has 2 N–H and O–H groups in total. The maximum atomic E-state index is 13.1. The van der Waals surface area contributed by atoms with Gasteiger partial charge < -0.3 is 15.2 Å². The number of carbonyl (C=O) groups is 2. The zero-order valence-corrected chi connectivity index (χ0v) is 12.7. The lowest BCUT2D eigenvalue weighted by Gasteiger charge is -2.25. The normalized spacial score (nSPS) is 13.6. The van der Waals surface area contributed by atoms with E-state index in [2.05, 4.69) is 21.2 Å². The molecule has 0 aliphatic rings. The van der Waals surface area contributed by atoms with Gasteiger partial charge in [0.1, 0.15) is 5.82 Å². The highest BCUT2D eigenvalue weighted by Gasteiger charge is 2.34. The molecule has 0 heterocycles. The molecule has 0 aliphatic heterocycles. The molecule has 1 amide bonds. The minimum atomic E-state index is -1.52. The largest absolute Gasteiger partial charge is 0.479 e. The van der Waals surface area contributed by atoms with E-state index in [1.54, 1.807) is 0 Å². The first-order valence-corrected chi connectivity index (χ1v) is 6.55. The van der Waals surface area contributed by atoms with Crippen LogP contribution >= 0.6 is 15.9 Å². The fourth-order valence-corrected chi connectivity index (χ4v) is 2.03. The van der Waals surface area contributed by atoms with Crippen molar-refractivity contribution < 1.29 is 23.8 Å². The second-order valence-electron chi connectivity index (χ2n) is 4.53. The summed E-state index contributed by atoms with van der Waals surface area (Å²) >= 11 is 3.21. The van der Waals surface area contributed by atoms with Crippen molar-refractivity contribution >= 4 is 27.8 Å². The third-order valence-corrected chi connectivity index (χ3v) is 3.45. The Morgan fingerprint density at radius 2 is 2.15 bits per heavy atom. The summed E-state index contributed by atoms with van der Waals surface area (Å²) in [7, 11) is 1.34. The van der Waals surface area contributed by atoms with E-state index < -0.39 is 23.2 Å². The van der Waals surface area contributed by atoms with Crippen LogP contribution in [0.25, 0.3) is 0 Å². The topological polar surface area (TPSA) is 75.6 Å². The molecule has 110 valence electrons. The molecular weight excluding hydrogens is 333 g/mol. The SMILES string of the molecule is COCC(C)(NC(=O)Cc1cc(F)ccc1Br)C(=O)O. The number of ether oxygens (including phenoxy) is 1. The van der Waals surface area contributed by atoms with E-state index in [1.807, 2.05) is 0 Å². The fourth-order valence-electron chi connectivity index (χ4n) is 1.64. The number of methoxy groups -OCH3 is 1. The molecule has 1 rings (SSSR count). The Morgan fingerprint density at radius 1 is 1.50 bits per heavy atom. The van der Waals surface area contributed by atoms with Gasteiger partial charge in [-0.05, 0) is 30.7 Å². The van der Waals surface area contributed by atoms with Crippen molar-refractivity contribution in [1.82, 2.24) is 5.32 Å². The molecule has 0 radical (unpaired) electrons. The van der Waals surface area contributed by atoms with Gasteiger partial charge in [-0.1, -0.05) is 15.9 Å². The van der Waals surface area contributed by atoms with Crippen LogP contribution in [0.1, 0.15) is 12.5 Å². The second kappa shape index (κ2) is 6.81. The van der Waals surface area contributed by atoms with E-state index in [0.717, 1.165) is 0 Å². The van der Waals surface area contributed by atoms with Crippen LogP contribution in [0.3, 0.4) is 0 Å². The summed E-state index contributed by atoms with van der Waals surface area (Å²) in [6.45, 7) is 1.18. The first-order valence-electron chi connectivity index (χ1n) is 5.76. The summed E-state index contributed by atoms with van der Waals surface area (Å²) in [6, 6.07) is 3.97. The average molecular weight is 348 g/mol. The number of benzene rings is 1. The minimum Gasteiger partial charge on any atom is -0.479 e. The maximum Gasteiger partial charge on any atom is 0.331 e. The fraction of sp³-hybridized carbons (Fsp3) is 0.385. The van der Waals surface area contributed by atoms with Crippen LogP contribution < -0.4 is 5.32 Å². The third kappa shape index (κ3) is 4.28. The van der Waals surface area contributed by atoms with Crippen molar-refractivity contribution in [3.63, 3.8) is 0 Å². The number of hydrogen-bond acceptors (Lipinski definition) is 3. The predicted molar refractivity (Wildman–Crippen MR) is 73.9 cm³/mol. The highest BCUT2D eigenvalue weighted by atomic mass is 79.9. The summed E-state index contributed by atoms with van der Waals surface area (Å²) in [4.78, 5) is 23.1. The van der Waals surface area contributed by atoms with E-state index >= 15 is 0 Å². The Labute approximate surface area is 124 Å². The van der Waals surface area contributed by atoms with Gasteiger partial charge in [0, 0.05) is 11.6 Å². The van der Waals surface area contributed by atoms with Crippen LogP contribution in [0.5, 0.6) is 0 Å². The monoisotopic (exact) mass is 347 g/mol. The number of carboxylic acid groups (broad SMARTS) is 1. The highest BCUT2D eigenvalue weighted by molar-refractivity contribution is 9.10. The molecular formula is C13H15BrFNO4. The Balaban J connectivity index is 2.81. The van der Waals surface area contributed by atoms with Crippen molar-refractivity contribution in [2.45, 2.75) is 18.9 Å². The van der Waals surface area contributed by atoms with Crippen LogP contribution in [0.15, 0.2) is 22.7 Å². The van der Waals surface area contributed by atoms with Gasteiger partial charge in [0.2, 0.25) is 5.91 Å². The van der Waals surface area contributed by atoms with E-state index in [1.165, 1.54) is 32.2 Å². The lowest BCUT2D eigenvalue weighted by Crippen LogP contribution is -2.55. The van der Waals surface area contributed by atoms with Gasteiger partial charge in [-0.25, -0.2) is 9.18 Å². The number of hydrogen-bond donors (Lipinski definition) is 2. The Hall–Kier alpha value is -1.47. The number of amides is 1. The van der Waals surface area contributed by atoms with Gasteiger partial charge in [-0.15, -0.1) is 0 Å². The molecule has 7 heteroatoms. The van der Waals surface area contributed by atoms with Gasteiger partial charge in [-0.3, -0.25) is 4.79 Å². The van der Waals surface area contributed by atoms with Crippen molar-refractivity contribution in [2.75, 3.05) is 13.7 Å². The zero-order valence-electron chi connectivity index (χ0n) is 11.1. The molecule has 1 atom stereocenters. The van der Waals surface area contributed by atoms with E-state index in [4.69, 9.17) is 9.84 Å². The van der Waals surface area contributed by atoms with E-state index in [-0.39, 0.29) is 13.0 Å². The molecule has 0 saturated heterocycles. The molecule has 0 saturated carbocycles. The minimum absolute atomic E-state index is 0.134. The lowest BCUT2D eigenvalue weighted by atomic mass is 10.0. The molecule has 0 aliphatic carbocycles. The summed E-state index contributed by atoms with van der Waals surface area (Å²) < 4.78 is 18.5. The van der Waals surface area contributed by atoms with E-state index in [9.17, 15) is 14.0 Å². The van der Waals surface area contributed by atoms with Gasteiger partial charge in [-0.2, -0.15) is 0 Å². The molecule has 0 spiro atoms. The Kier molecular flexibility index (Phi) is 5.64. The van der Waals surface area contributed by atoms with Gasteiger partial charge in [0.25, 0.3) is 0 Å². The first-order chi connectivity index (χ1) is 9.28. The van der Waals surface area contributed by atoms with Crippen LogP contribution in [-0.4, -0.2) is 36.2 Å². The average Bonchev–Trinajstić information content (AvgIpc) is 2.33. The van der Waals surface area contributed by atoms with Gasteiger partial charge in [0.15, 0.2) is 5.54 Å². The molecule has 20 heavy (non-hydrogen) atoms. The van der Waals surface area contributed by atoms with Crippen LogP contribution in [0.4, 0.5) is 4.39 Å². The third-order valence-electron chi connectivity index (χ3n) is 2.68. The number of rotatable bonds is 6. The smallest absolute Gasteiger partial charge is 0.331 e. The Morgan fingerprint density at radius 3 is 2.70 bits per heavy atom. The van der Waals surface area contributed by atoms with Crippen molar-refractivity contribution in [3.8, 4) is 0 Å². The van der Waals surface area contributed by atoms with Crippen molar-refractivity contribution in [2.24, 2.45) is 0 Å². The molecule has 1 unspecified atom stereocenters. The molecule has 1 aromatic rings. The van der Waals surface area contributed by atoms with Crippen LogP contribution in [0, 0.1) is 5.82 Å². The standard InChI is InChI=1S/C13H15BrFNO4/c1-13(7-20-2,12(18)19)16-11(17)6-8-5-9(15)3-4-10(8)14/h3-5H,6-7H2,1-2H3,(H,16,17)(H,18,19). The predicted octanol–water partition coefficient (Wildman–Crippen LogP) is 1.74. The maximum absolute atomic E-state index is 13.1. The summed E-state index contributed by atoms with van der Waals surface area (Å²) in [5.74, 6) is -2.20. The second-order valence-corrected chi connectivity index (χ2v) is 5.39. The lowest BCUT2D eigenvalue weighted by molar-refractivity contribution is -0.149. The van der Waals surface area contributed by atoms with Crippen molar-refractivity contribution in [3.05, 3.63) is 34.1 Å². The van der Waals surface area contributed by atoms with Gasteiger partial charge >= 0.3 is 5.97 Å². The van der Waals surface area contributed by atoms with E-state index in [0.29, 0.717) is 10.0 Å². The first kappa shape index (κ1) is 16.6. The Bertz CT molecular complexity index is 523. The van der Waals surface area contributed by atoms with Gasteiger partial charge in [0.05, 0.1) is 13.0 Å². The summed E-state index contributed by atoms with van der Waals surface area (Å²) in [5, 5.41) is 11.5. The molecule has 0 aromatic heterocycles. The summed E-state index contributed by atoms with van der Waals surface area (Å²) in [6.07, 6.45) is -0.134. The summed E-state index contributed by atoms with van der Waals surface area (Å²) in [5.41, 5.74) is -1.08. The number of aliphatic carboxylic acids is 1. The molecule has 1 aromatic carbocycles. The number of halogens is 2. The quantitative estimate of drug-likeness (QED) is 0.821.